The number of morpholine rings is 1. The van der Waals surface area contributed by atoms with Crippen LogP contribution in [0.25, 0.3) is 22.3 Å². The molecule has 0 saturated carbocycles. The highest BCUT2D eigenvalue weighted by Crippen LogP contribution is 2.29. The van der Waals surface area contributed by atoms with Gasteiger partial charge in [-0.25, -0.2) is 14.4 Å². The van der Waals surface area contributed by atoms with E-state index in [9.17, 15) is 4.39 Å². The number of hydrogen-bond acceptors (Lipinski definition) is 8. The third-order valence-electron chi connectivity index (χ3n) is 5.52. The third kappa shape index (κ3) is 4.02. The lowest BCUT2D eigenvalue weighted by molar-refractivity contribution is 0.0345. The molecule has 3 N–H and O–H groups in total. The highest BCUT2D eigenvalue weighted by atomic mass is 19.1. The molecule has 1 aliphatic rings. The van der Waals surface area contributed by atoms with Crippen LogP contribution in [0.3, 0.4) is 0 Å². The van der Waals surface area contributed by atoms with Gasteiger partial charge in [0.05, 0.1) is 42.6 Å². The molecule has 4 aromatic rings. The lowest BCUT2D eigenvalue weighted by Crippen LogP contribution is -2.39. The highest BCUT2D eigenvalue weighted by molar-refractivity contribution is 5.77. The molecular formula is C23H20FN7O2. The largest absolute Gasteiger partial charge is 0.497 e. The minimum atomic E-state index is -0.610. The number of imidazole rings is 1. The zero-order chi connectivity index (χ0) is 22.9. The summed E-state index contributed by atoms with van der Waals surface area (Å²) < 4.78 is 25.4. The number of hydrogen-bond donors (Lipinski definition) is 2. The average Bonchev–Trinajstić information content (AvgIpc) is 3.27. The summed E-state index contributed by atoms with van der Waals surface area (Å²) in [6.07, 6.45) is -0.302. The van der Waals surface area contributed by atoms with Gasteiger partial charge in [0.15, 0.2) is 0 Å². The van der Waals surface area contributed by atoms with Crippen LogP contribution in [-0.4, -0.2) is 46.7 Å². The summed E-state index contributed by atoms with van der Waals surface area (Å²) in [7, 11) is 1.62. The lowest BCUT2D eigenvalue weighted by Gasteiger charge is -2.33. The van der Waals surface area contributed by atoms with Crippen molar-refractivity contribution < 1.29 is 13.9 Å². The number of aromatic amines is 1. The lowest BCUT2D eigenvalue weighted by atomic mass is 10.1. The van der Waals surface area contributed by atoms with E-state index < -0.39 is 5.82 Å². The Morgan fingerprint density at radius 3 is 2.88 bits per heavy atom. The quantitative estimate of drug-likeness (QED) is 0.490. The fourth-order valence-corrected chi connectivity index (χ4v) is 3.84. The molecule has 1 aliphatic heterocycles. The summed E-state index contributed by atoms with van der Waals surface area (Å²) in [5, 5.41) is 8.96. The van der Waals surface area contributed by atoms with E-state index in [0.717, 1.165) is 16.8 Å². The molecular weight excluding hydrogens is 425 g/mol. The van der Waals surface area contributed by atoms with Gasteiger partial charge in [-0.2, -0.15) is 10.2 Å². The fourth-order valence-electron chi connectivity index (χ4n) is 3.84. The number of H-pyrrole nitrogens is 1. The van der Waals surface area contributed by atoms with Crippen LogP contribution < -0.4 is 15.4 Å². The smallest absolute Gasteiger partial charge is 0.222 e. The van der Waals surface area contributed by atoms with Gasteiger partial charge in [-0.15, -0.1) is 0 Å². The molecule has 1 atom stereocenters. The molecule has 5 rings (SSSR count). The maximum atomic E-state index is 14.1. The second-order valence-corrected chi connectivity index (χ2v) is 7.59. The van der Waals surface area contributed by atoms with Crippen LogP contribution in [0.1, 0.15) is 17.5 Å². The zero-order valence-corrected chi connectivity index (χ0v) is 17.7. The van der Waals surface area contributed by atoms with E-state index in [2.05, 4.69) is 19.9 Å². The monoisotopic (exact) mass is 445 g/mol. The Kier molecular flexibility index (Phi) is 5.24. The summed E-state index contributed by atoms with van der Waals surface area (Å²) in [4.78, 5) is 18.6. The number of fused-ring (bicyclic) bond motifs is 1. The van der Waals surface area contributed by atoms with Gasteiger partial charge in [0.25, 0.3) is 0 Å². The summed E-state index contributed by atoms with van der Waals surface area (Å²) >= 11 is 0. The summed E-state index contributed by atoms with van der Waals surface area (Å²) in [6, 6.07) is 13.5. The Labute approximate surface area is 188 Å². The van der Waals surface area contributed by atoms with Crippen molar-refractivity contribution in [1.29, 1.82) is 5.26 Å². The number of benzene rings is 2. The molecule has 0 radical (unpaired) electrons. The molecule has 2 aromatic carbocycles. The molecule has 33 heavy (non-hydrogen) atoms. The number of halogens is 1. The van der Waals surface area contributed by atoms with Gasteiger partial charge in [-0.05, 0) is 24.3 Å². The number of rotatable bonds is 4. The van der Waals surface area contributed by atoms with Crippen LogP contribution in [0.5, 0.6) is 5.75 Å². The number of nitrogen functional groups attached to an aromatic ring is 1. The van der Waals surface area contributed by atoms with Gasteiger partial charge in [0, 0.05) is 24.2 Å². The van der Waals surface area contributed by atoms with Crippen molar-refractivity contribution in [3.05, 3.63) is 59.7 Å². The first kappa shape index (κ1) is 20.7. The first-order chi connectivity index (χ1) is 16.0. The topological polar surface area (TPSA) is 126 Å². The number of anilines is 2. The molecule has 0 spiro atoms. The minimum absolute atomic E-state index is 0.0273. The van der Waals surface area contributed by atoms with Crippen LogP contribution in [0, 0.1) is 17.1 Å². The molecule has 0 bridgehead atoms. The molecule has 1 unspecified atom stereocenters. The molecule has 10 heteroatoms. The number of ether oxygens (including phenoxy) is 2. The van der Waals surface area contributed by atoms with E-state index in [1.54, 1.807) is 19.2 Å². The number of nitrogens with one attached hydrogen (secondary N) is 1. The standard InChI is InChI=1S/C23H20FN7O2/c1-32-15-4-5-17-19(9-15)28-22(27-17)20-12-31(6-7-33-20)21-10-18(29-23(26)30-21)13-2-3-14(11-25)16(24)8-13/h2-5,8-10,20H,6-7,12H2,1H3,(H,27,28)(H2,26,29,30). The highest BCUT2D eigenvalue weighted by Gasteiger charge is 2.26. The minimum Gasteiger partial charge on any atom is -0.497 e. The van der Waals surface area contributed by atoms with Gasteiger partial charge in [-0.3, -0.25) is 0 Å². The van der Waals surface area contributed by atoms with Crippen LogP contribution in [0.2, 0.25) is 0 Å². The SMILES string of the molecule is COc1ccc2nc(C3CN(c4cc(-c5ccc(C#N)c(F)c5)nc(N)n4)CCO3)[nH]c2c1. The van der Waals surface area contributed by atoms with Gasteiger partial charge >= 0.3 is 0 Å². The second kappa shape index (κ2) is 8.37. The van der Waals surface area contributed by atoms with E-state index in [-0.39, 0.29) is 17.6 Å². The normalized spacial score (nSPS) is 16.0. The summed E-state index contributed by atoms with van der Waals surface area (Å²) in [5.74, 6) is 1.52. The fraction of sp³-hybridized carbons (Fsp3) is 0.217. The zero-order valence-electron chi connectivity index (χ0n) is 17.7. The molecule has 9 nitrogen and oxygen atoms in total. The van der Waals surface area contributed by atoms with E-state index in [1.165, 1.54) is 12.1 Å². The Morgan fingerprint density at radius 2 is 2.09 bits per heavy atom. The first-order valence-electron chi connectivity index (χ1n) is 10.3. The van der Waals surface area contributed by atoms with E-state index in [4.69, 9.17) is 20.5 Å². The maximum Gasteiger partial charge on any atom is 0.222 e. The van der Waals surface area contributed by atoms with Crippen molar-refractivity contribution in [2.75, 3.05) is 37.4 Å². The summed E-state index contributed by atoms with van der Waals surface area (Å²) in [5.41, 5.74) is 8.61. The predicted molar refractivity (Wildman–Crippen MR) is 120 cm³/mol. The van der Waals surface area contributed by atoms with E-state index in [0.29, 0.717) is 42.6 Å². The van der Waals surface area contributed by atoms with Crippen molar-refractivity contribution >= 4 is 22.8 Å². The van der Waals surface area contributed by atoms with Crippen LogP contribution >= 0.6 is 0 Å². The van der Waals surface area contributed by atoms with Crippen LogP contribution in [-0.2, 0) is 4.74 Å². The van der Waals surface area contributed by atoms with Crippen molar-refractivity contribution in [2.24, 2.45) is 0 Å². The van der Waals surface area contributed by atoms with E-state index >= 15 is 0 Å². The van der Waals surface area contributed by atoms with Gasteiger partial charge < -0.3 is 25.1 Å². The van der Waals surface area contributed by atoms with Gasteiger partial charge in [-0.1, -0.05) is 6.07 Å². The summed E-state index contributed by atoms with van der Waals surface area (Å²) in [6.45, 7) is 1.56. The number of nitrogens with two attached hydrogens (primary N) is 1. The van der Waals surface area contributed by atoms with Crippen molar-refractivity contribution in [1.82, 2.24) is 19.9 Å². The van der Waals surface area contributed by atoms with Crippen molar-refractivity contribution in [3.63, 3.8) is 0 Å². The molecule has 1 saturated heterocycles. The second-order valence-electron chi connectivity index (χ2n) is 7.59. The molecule has 3 heterocycles. The molecule has 1 fully saturated rings. The number of nitriles is 1. The molecule has 166 valence electrons. The number of nitrogens with zero attached hydrogens (tertiary/aromatic N) is 5. The first-order valence-corrected chi connectivity index (χ1v) is 10.3. The van der Waals surface area contributed by atoms with Gasteiger partial charge in [0.1, 0.15) is 35.4 Å². The van der Waals surface area contributed by atoms with Crippen molar-refractivity contribution in [3.8, 4) is 23.1 Å². The van der Waals surface area contributed by atoms with Crippen molar-refractivity contribution in [2.45, 2.75) is 6.10 Å². The van der Waals surface area contributed by atoms with Crippen LogP contribution in [0.4, 0.5) is 16.2 Å². The van der Waals surface area contributed by atoms with Gasteiger partial charge in [0.2, 0.25) is 5.95 Å². The number of aromatic nitrogens is 4. The molecule has 2 aromatic heterocycles. The van der Waals surface area contributed by atoms with Crippen LogP contribution in [0.15, 0.2) is 42.5 Å². The predicted octanol–water partition coefficient (Wildman–Crippen LogP) is 3.20. The molecule has 0 amide bonds. The molecule has 0 aliphatic carbocycles. The van der Waals surface area contributed by atoms with E-state index in [1.807, 2.05) is 29.2 Å². The Balaban J connectivity index is 1.43. The average molecular weight is 445 g/mol. The Morgan fingerprint density at radius 1 is 1.21 bits per heavy atom. The third-order valence-corrected chi connectivity index (χ3v) is 5.52. The Hall–Kier alpha value is -4.23. The number of methoxy groups -OCH3 is 1. The Bertz CT molecular complexity index is 1380. The maximum absolute atomic E-state index is 14.1.